The summed E-state index contributed by atoms with van der Waals surface area (Å²) < 4.78 is 70.7. The van der Waals surface area contributed by atoms with Crippen molar-refractivity contribution in [1.82, 2.24) is 24.0 Å². The van der Waals surface area contributed by atoms with Crippen molar-refractivity contribution >= 4 is 31.0 Å². The van der Waals surface area contributed by atoms with Crippen molar-refractivity contribution in [3.63, 3.8) is 0 Å². The Kier molecular flexibility index (Phi) is 9.03. The zero-order chi connectivity index (χ0) is 27.3. The zero-order valence-corrected chi connectivity index (χ0v) is 23.3. The summed E-state index contributed by atoms with van der Waals surface area (Å²) in [5.74, 6) is 0.396. The number of pyridine rings is 1. The van der Waals surface area contributed by atoms with Gasteiger partial charge in [0.15, 0.2) is 6.23 Å². The van der Waals surface area contributed by atoms with Crippen LogP contribution in [0.5, 0.6) is 5.88 Å². The van der Waals surface area contributed by atoms with Gasteiger partial charge in [-0.1, -0.05) is 0 Å². The summed E-state index contributed by atoms with van der Waals surface area (Å²) >= 11 is 0. The lowest BCUT2D eigenvalue weighted by Gasteiger charge is -2.23. The van der Waals surface area contributed by atoms with Gasteiger partial charge in [-0.3, -0.25) is 4.18 Å². The smallest absolute Gasteiger partial charge is 0.264 e. The minimum Gasteiger partial charge on any atom is -0.475 e. The van der Waals surface area contributed by atoms with Crippen LogP contribution >= 0.6 is 0 Å². The molecule has 2 atom stereocenters. The van der Waals surface area contributed by atoms with Crippen LogP contribution in [-0.2, 0) is 33.8 Å². The highest BCUT2D eigenvalue weighted by Crippen LogP contribution is 2.34. The second-order valence-corrected chi connectivity index (χ2v) is 12.7. The molecule has 1 aliphatic heterocycles. The van der Waals surface area contributed by atoms with Crippen molar-refractivity contribution in [1.29, 1.82) is 0 Å². The second kappa shape index (κ2) is 12.1. The summed E-state index contributed by atoms with van der Waals surface area (Å²) in [5, 5.41) is 9.51. The molecule has 13 nitrogen and oxygen atoms in total. The molecule has 1 aliphatic rings. The lowest BCUT2D eigenvalue weighted by Crippen LogP contribution is -2.19. The van der Waals surface area contributed by atoms with Gasteiger partial charge >= 0.3 is 0 Å². The Balaban J connectivity index is 1.47. The van der Waals surface area contributed by atoms with Gasteiger partial charge in [0.25, 0.3) is 20.1 Å². The second-order valence-electron chi connectivity index (χ2n) is 9.23. The van der Waals surface area contributed by atoms with Crippen molar-refractivity contribution in [3.8, 4) is 17.1 Å². The van der Waals surface area contributed by atoms with E-state index in [1.807, 2.05) is 6.92 Å². The van der Waals surface area contributed by atoms with Crippen LogP contribution in [0, 0.1) is 0 Å². The van der Waals surface area contributed by atoms with E-state index in [-0.39, 0.29) is 18.9 Å². The van der Waals surface area contributed by atoms with E-state index in [0.29, 0.717) is 49.8 Å². The molecule has 210 valence electrons. The van der Waals surface area contributed by atoms with Crippen LogP contribution in [0.15, 0.2) is 24.7 Å². The van der Waals surface area contributed by atoms with Gasteiger partial charge in [-0.05, 0) is 32.6 Å². The van der Waals surface area contributed by atoms with Crippen molar-refractivity contribution in [3.05, 3.63) is 24.7 Å². The van der Waals surface area contributed by atoms with Crippen molar-refractivity contribution in [2.45, 2.75) is 51.4 Å². The first-order valence-corrected chi connectivity index (χ1v) is 16.0. The Morgan fingerprint density at radius 2 is 1.95 bits per heavy atom. The molecule has 0 aliphatic carbocycles. The molecule has 0 saturated carbocycles. The maximum Gasteiger partial charge on any atom is 0.264 e. The first kappa shape index (κ1) is 28.4. The summed E-state index contributed by atoms with van der Waals surface area (Å²) in [6.07, 6.45) is 10.1. The van der Waals surface area contributed by atoms with E-state index >= 15 is 0 Å². The molecule has 0 bridgehead atoms. The fourth-order valence-electron chi connectivity index (χ4n) is 4.03. The van der Waals surface area contributed by atoms with Crippen molar-refractivity contribution in [2.24, 2.45) is 0 Å². The average molecular weight is 572 g/mol. The van der Waals surface area contributed by atoms with Gasteiger partial charge in [-0.15, -0.1) is 0 Å². The molecule has 1 saturated heterocycles. The zero-order valence-electron chi connectivity index (χ0n) is 21.6. The van der Waals surface area contributed by atoms with Crippen LogP contribution in [0.2, 0.25) is 0 Å². The van der Waals surface area contributed by atoms with Gasteiger partial charge in [0.05, 0.1) is 55.9 Å². The molecule has 0 aromatic carbocycles. The number of nitrogens with zero attached hydrogens (tertiary/aromatic N) is 5. The monoisotopic (exact) mass is 571 g/mol. The summed E-state index contributed by atoms with van der Waals surface area (Å²) in [4.78, 5) is 4.48. The van der Waals surface area contributed by atoms with E-state index in [1.54, 1.807) is 16.9 Å². The third kappa shape index (κ3) is 7.50. The third-order valence-electron chi connectivity index (χ3n) is 5.89. The van der Waals surface area contributed by atoms with Gasteiger partial charge in [0.2, 0.25) is 5.88 Å². The standard InChI is InChI=1S/C23H33N5O8S2/c1-17(8-12-33-9-6-11-35-38(3,31)32)36-21-13-19-20(15-24-21)28(22-7-4-5-10-34-22)26-23(19)18-14-25-27(16-18)37(2,29)30/h13-17,22H,4-12H2,1-3H3. The van der Waals surface area contributed by atoms with E-state index in [2.05, 4.69) is 14.3 Å². The maximum atomic E-state index is 12.0. The molecule has 4 rings (SSSR count). The maximum absolute atomic E-state index is 12.0. The SMILES string of the molecule is CC(CCOCCCOS(C)(=O)=O)Oc1cc2c(-c3cnn(S(C)(=O)=O)c3)nn(C3CCCCO3)c2cn1. The minimum atomic E-state index is -3.54. The van der Waals surface area contributed by atoms with E-state index in [0.717, 1.165) is 46.8 Å². The van der Waals surface area contributed by atoms with Crippen LogP contribution in [-0.4, -0.2) is 85.8 Å². The van der Waals surface area contributed by atoms with Crippen molar-refractivity contribution in [2.75, 3.05) is 38.9 Å². The van der Waals surface area contributed by atoms with E-state index in [1.165, 1.54) is 12.4 Å². The Labute approximate surface area is 222 Å². The molecular formula is C23H33N5O8S2. The first-order chi connectivity index (χ1) is 18.0. The Morgan fingerprint density at radius 1 is 1.13 bits per heavy atom. The summed E-state index contributed by atoms with van der Waals surface area (Å²) in [6, 6.07) is 1.79. The highest BCUT2D eigenvalue weighted by Gasteiger charge is 2.24. The lowest BCUT2D eigenvalue weighted by atomic mass is 10.1. The molecule has 0 radical (unpaired) electrons. The minimum absolute atomic E-state index is 0.0832. The molecule has 0 N–H and O–H groups in total. The molecule has 3 aromatic rings. The quantitative estimate of drug-likeness (QED) is 0.219. The van der Waals surface area contributed by atoms with Gasteiger partial charge in [0.1, 0.15) is 5.69 Å². The van der Waals surface area contributed by atoms with E-state index in [9.17, 15) is 16.8 Å². The van der Waals surface area contributed by atoms with E-state index in [4.69, 9.17) is 19.3 Å². The molecule has 0 spiro atoms. The number of ether oxygens (including phenoxy) is 3. The summed E-state index contributed by atoms with van der Waals surface area (Å²) in [5.41, 5.74) is 1.86. The van der Waals surface area contributed by atoms with E-state index < -0.39 is 20.1 Å². The molecule has 0 amide bonds. The van der Waals surface area contributed by atoms with Gasteiger partial charge in [-0.2, -0.15) is 22.7 Å². The third-order valence-corrected chi connectivity index (χ3v) is 7.36. The number of aromatic nitrogens is 5. The fraction of sp³-hybridized carbons (Fsp3) is 0.609. The Morgan fingerprint density at radius 3 is 2.63 bits per heavy atom. The molecule has 3 aromatic heterocycles. The van der Waals surface area contributed by atoms with Gasteiger partial charge < -0.3 is 14.2 Å². The number of fused-ring (bicyclic) bond motifs is 1. The van der Waals surface area contributed by atoms with Gasteiger partial charge in [-0.25, -0.2) is 18.1 Å². The summed E-state index contributed by atoms with van der Waals surface area (Å²) in [7, 11) is -6.98. The number of rotatable bonds is 13. The highest BCUT2D eigenvalue weighted by atomic mass is 32.2. The average Bonchev–Trinajstić information content (AvgIpc) is 3.48. The van der Waals surface area contributed by atoms with Crippen LogP contribution in [0.25, 0.3) is 22.2 Å². The molecule has 2 unspecified atom stereocenters. The number of hydrogen-bond acceptors (Lipinski definition) is 11. The predicted octanol–water partition coefficient (Wildman–Crippen LogP) is 2.34. The van der Waals surface area contributed by atoms with Crippen LogP contribution in [0.4, 0.5) is 0 Å². The molecule has 15 heteroatoms. The predicted molar refractivity (Wildman–Crippen MR) is 139 cm³/mol. The van der Waals surface area contributed by atoms with Gasteiger partial charge in [0, 0.05) is 36.7 Å². The molecule has 4 heterocycles. The fourth-order valence-corrected chi connectivity index (χ4v) is 4.97. The Bertz CT molecular complexity index is 1450. The van der Waals surface area contributed by atoms with Crippen LogP contribution < -0.4 is 4.74 Å². The first-order valence-electron chi connectivity index (χ1n) is 12.4. The van der Waals surface area contributed by atoms with Crippen LogP contribution in [0.3, 0.4) is 0 Å². The van der Waals surface area contributed by atoms with Crippen molar-refractivity contribution < 1.29 is 35.2 Å². The highest BCUT2D eigenvalue weighted by molar-refractivity contribution is 7.89. The number of hydrogen-bond donors (Lipinski definition) is 0. The van der Waals surface area contributed by atoms with Crippen LogP contribution in [0.1, 0.15) is 45.3 Å². The summed E-state index contributed by atoms with van der Waals surface area (Å²) in [6.45, 7) is 3.43. The normalized spacial score (nSPS) is 17.6. The Hall–Kier alpha value is -2.59. The lowest BCUT2D eigenvalue weighted by molar-refractivity contribution is -0.0365. The largest absolute Gasteiger partial charge is 0.475 e. The molecular weight excluding hydrogens is 538 g/mol. The molecule has 38 heavy (non-hydrogen) atoms. The topological polar surface area (TPSA) is 154 Å². The molecule has 1 fully saturated rings.